The summed E-state index contributed by atoms with van der Waals surface area (Å²) in [5, 5.41) is 4.61. The van der Waals surface area contributed by atoms with Crippen molar-refractivity contribution in [2.24, 2.45) is 0 Å². The molecule has 262 valence electrons. The van der Waals surface area contributed by atoms with Crippen molar-refractivity contribution in [3.63, 3.8) is 0 Å². The Balaban J connectivity index is 1.07. The molecule has 0 aliphatic rings. The molecule has 0 saturated carbocycles. The lowest BCUT2D eigenvalue weighted by molar-refractivity contribution is 1.08. The highest BCUT2D eigenvalue weighted by molar-refractivity contribution is 7.26. The molecule has 0 spiro atoms. The summed E-state index contributed by atoms with van der Waals surface area (Å²) in [6.45, 7) is 0. The van der Waals surface area contributed by atoms with Crippen LogP contribution in [-0.2, 0) is 0 Å². The van der Waals surface area contributed by atoms with E-state index in [4.69, 9.17) is 21.8 Å². The van der Waals surface area contributed by atoms with Crippen LogP contribution in [0.3, 0.4) is 0 Å². The summed E-state index contributed by atoms with van der Waals surface area (Å²) in [7, 11) is 0. The molecule has 8 aromatic carbocycles. The first-order valence-corrected chi connectivity index (χ1v) is 19.2. The van der Waals surface area contributed by atoms with Gasteiger partial charge in [-0.3, -0.25) is 0 Å². The lowest BCUT2D eigenvalue weighted by Gasteiger charge is -2.12. The number of nitrogens with zero attached hydrogens (tertiary/aromatic N) is 4. The van der Waals surface area contributed by atoms with E-state index in [2.05, 4.69) is 102 Å². The molecule has 4 nitrogen and oxygen atoms in total. The molecule has 0 unspecified atom stereocenters. The van der Waals surface area contributed by atoms with Gasteiger partial charge in [-0.25, -0.2) is 15.0 Å². The lowest BCUT2D eigenvalue weighted by Crippen LogP contribution is -2.01. The zero-order valence-electron chi connectivity index (χ0n) is 34.8. The van der Waals surface area contributed by atoms with Crippen molar-refractivity contribution in [2.75, 3.05) is 0 Å². The van der Waals surface area contributed by atoms with Crippen molar-refractivity contribution in [1.82, 2.24) is 19.5 Å². The third kappa shape index (κ3) is 5.40. The van der Waals surface area contributed by atoms with Crippen LogP contribution in [-0.4, -0.2) is 19.5 Å². The topological polar surface area (TPSA) is 43.6 Å². The van der Waals surface area contributed by atoms with Gasteiger partial charge in [0.15, 0.2) is 17.5 Å². The zero-order valence-corrected chi connectivity index (χ0v) is 30.6. The predicted octanol–water partition coefficient (Wildman–Crippen LogP) is 13.7. The lowest BCUT2D eigenvalue weighted by atomic mass is 9.99. The van der Waals surface area contributed by atoms with Crippen molar-refractivity contribution < 1.29 is 6.85 Å². The van der Waals surface area contributed by atoms with Gasteiger partial charge in [0.25, 0.3) is 0 Å². The van der Waals surface area contributed by atoms with Crippen LogP contribution in [0.25, 0.3) is 104 Å². The number of thiophene rings is 1. The standard InChI is InChI=1S/C51H32N4S/c1-3-14-34(15-4-1)38-18-7-8-21-42(38)50-52-49(53-51(54-50)43-23-13-22-41-40-20-10-12-25-47(40)56-48(41)43)35-28-26-33(27-29-35)36-30-31-46-44(32-36)39-19-9-11-24-45(39)55(46)37-16-5-2-6-17-37/h1-32H/i1D,3D,4D,14D,15D. The molecule has 3 heterocycles. The normalized spacial score (nSPS) is 12.8. The summed E-state index contributed by atoms with van der Waals surface area (Å²) >= 11 is 1.68. The third-order valence-electron chi connectivity index (χ3n) is 10.4. The van der Waals surface area contributed by atoms with E-state index in [1.807, 2.05) is 54.6 Å². The van der Waals surface area contributed by atoms with Crippen LogP contribution < -0.4 is 0 Å². The fraction of sp³-hybridized carbons (Fsp3) is 0. The van der Waals surface area contributed by atoms with Crippen LogP contribution in [0.2, 0.25) is 0 Å². The Labute approximate surface area is 334 Å². The third-order valence-corrected chi connectivity index (χ3v) is 11.6. The molecule has 0 amide bonds. The van der Waals surface area contributed by atoms with Gasteiger partial charge in [0.2, 0.25) is 0 Å². The Hall–Kier alpha value is -7.21. The minimum atomic E-state index is -0.445. The first-order valence-electron chi connectivity index (χ1n) is 20.9. The van der Waals surface area contributed by atoms with E-state index in [1.54, 1.807) is 23.5 Å². The maximum absolute atomic E-state index is 8.82. The summed E-state index contributed by atoms with van der Waals surface area (Å²) < 4.78 is 47.2. The summed E-state index contributed by atoms with van der Waals surface area (Å²) in [6, 6.07) is 53.6. The van der Waals surface area contributed by atoms with E-state index in [9.17, 15) is 0 Å². The van der Waals surface area contributed by atoms with E-state index in [1.165, 1.54) is 10.8 Å². The van der Waals surface area contributed by atoms with Crippen molar-refractivity contribution in [3.8, 4) is 62.1 Å². The van der Waals surface area contributed by atoms with Crippen LogP contribution in [0.4, 0.5) is 0 Å². The van der Waals surface area contributed by atoms with E-state index < -0.39 is 18.1 Å². The van der Waals surface area contributed by atoms with Crippen LogP contribution in [0.15, 0.2) is 194 Å². The molecular weight excluding hydrogens is 701 g/mol. The minimum absolute atomic E-state index is 0.0879. The number of para-hydroxylation sites is 2. The average Bonchev–Trinajstić information content (AvgIpc) is 3.86. The summed E-state index contributed by atoms with van der Waals surface area (Å²) in [5.74, 6) is 1.24. The van der Waals surface area contributed by atoms with E-state index in [0.717, 1.165) is 59.1 Å². The van der Waals surface area contributed by atoms with Crippen molar-refractivity contribution in [1.29, 1.82) is 0 Å². The molecule has 11 rings (SSSR count). The van der Waals surface area contributed by atoms with Crippen molar-refractivity contribution in [2.45, 2.75) is 0 Å². The molecule has 0 bridgehead atoms. The number of benzene rings is 8. The van der Waals surface area contributed by atoms with Gasteiger partial charge in [-0.05, 0) is 64.7 Å². The second kappa shape index (κ2) is 13.3. The highest BCUT2D eigenvalue weighted by atomic mass is 32.1. The Morgan fingerprint density at radius 2 is 1.02 bits per heavy atom. The Morgan fingerprint density at radius 1 is 0.411 bits per heavy atom. The van der Waals surface area contributed by atoms with Crippen LogP contribution in [0, 0.1) is 0 Å². The summed E-state index contributed by atoms with van der Waals surface area (Å²) in [4.78, 5) is 15.3. The molecule has 0 saturated heterocycles. The average molecular weight is 738 g/mol. The van der Waals surface area contributed by atoms with Gasteiger partial charge in [-0.15, -0.1) is 11.3 Å². The van der Waals surface area contributed by atoms with E-state index >= 15 is 0 Å². The SMILES string of the molecule is [2H]c1c([2H])c([2H])c(-c2ccccc2-c2nc(-c3ccc(-c4ccc5c(c4)c4ccccc4n5-c4ccccc4)cc3)nc(-c3cccc4c3sc3ccccc34)n2)c([2H])c1[2H]. The molecule has 0 N–H and O–H groups in total. The van der Waals surface area contributed by atoms with Gasteiger partial charge in [0, 0.05) is 53.3 Å². The second-order valence-electron chi connectivity index (χ2n) is 13.6. The Kier molecular flexibility index (Phi) is 6.49. The smallest absolute Gasteiger partial charge is 0.165 e. The van der Waals surface area contributed by atoms with Gasteiger partial charge in [-0.2, -0.15) is 0 Å². The van der Waals surface area contributed by atoms with Gasteiger partial charge in [0.05, 0.1) is 17.9 Å². The second-order valence-corrected chi connectivity index (χ2v) is 14.7. The van der Waals surface area contributed by atoms with Crippen LogP contribution in [0.5, 0.6) is 0 Å². The van der Waals surface area contributed by atoms with Gasteiger partial charge >= 0.3 is 0 Å². The minimum Gasteiger partial charge on any atom is -0.309 e. The molecule has 0 aliphatic carbocycles. The number of rotatable bonds is 6. The molecular formula is C51H32N4S. The summed E-state index contributed by atoms with van der Waals surface area (Å²) in [5.41, 5.74) is 8.19. The monoisotopic (exact) mass is 737 g/mol. The highest BCUT2D eigenvalue weighted by Crippen LogP contribution is 2.41. The fourth-order valence-electron chi connectivity index (χ4n) is 7.77. The molecule has 3 aromatic heterocycles. The first-order chi connectivity index (χ1) is 29.8. The Morgan fingerprint density at radius 3 is 1.86 bits per heavy atom. The van der Waals surface area contributed by atoms with Crippen LogP contribution in [0.1, 0.15) is 6.85 Å². The highest BCUT2D eigenvalue weighted by Gasteiger charge is 2.19. The van der Waals surface area contributed by atoms with Crippen molar-refractivity contribution in [3.05, 3.63) is 194 Å². The van der Waals surface area contributed by atoms with E-state index in [-0.39, 0.29) is 17.6 Å². The molecule has 0 aliphatic heterocycles. The van der Waals surface area contributed by atoms with Crippen molar-refractivity contribution >= 4 is 53.3 Å². The van der Waals surface area contributed by atoms with Gasteiger partial charge < -0.3 is 4.57 Å². The Bertz CT molecular complexity index is 3520. The maximum atomic E-state index is 8.82. The molecule has 11 aromatic rings. The number of hydrogen-bond donors (Lipinski definition) is 0. The van der Waals surface area contributed by atoms with Crippen LogP contribution >= 0.6 is 11.3 Å². The van der Waals surface area contributed by atoms with E-state index in [0.29, 0.717) is 28.6 Å². The first kappa shape index (κ1) is 27.4. The quantitative estimate of drug-likeness (QED) is 0.171. The fourth-order valence-corrected chi connectivity index (χ4v) is 8.98. The molecule has 56 heavy (non-hydrogen) atoms. The molecule has 0 fully saturated rings. The van der Waals surface area contributed by atoms with Gasteiger partial charge in [-0.1, -0.05) is 152 Å². The number of hydrogen-bond acceptors (Lipinski definition) is 4. The predicted molar refractivity (Wildman–Crippen MR) is 234 cm³/mol. The summed E-state index contributed by atoms with van der Waals surface area (Å²) in [6.07, 6.45) is 0. The molecule has 0 radical (unpaired) electrons. The molecule has 5 heteroatoms. The largest absolute Gasteiger partial charge is 0.309 e. The maximum Gasteiger partial charge on any atom is 0.165 e. The molecule has 0 atom stereocenters. The number of aromatic nitrogens is 4. The zero-order chi connectivity index (χ0) is 41.4. The van der Waals surface area contributed by atoms with Gasteiger partial charge in [0.1, 0.15) is 0 Å². The number of fused-ring (bicyclic) bond motifs is 6.